The Balaban J connectivity index is 1.71. The number of aryl methyl sites for hydroxylation is 1. The van der Waals surface area contributed by atoms with Gasteiger partial charge in [0, 0.05) is 18.1 Å². The molecule has 0 radical (unpaired) electrons. The first kappa shape index (κ1) is 22.7. The fourth-order valence-corrected chi connectivity index (χ4v) is 4.76. The van der Waals surface area contributed by atoms with Gasteiger partial charge < -0.3 is 24.5 Å². The summed E-state index contributed by atoms with van der Waals surface area (Å²) in [6.07, 6.45) is 0.103. The molecular formula is C24H25N3O5S. The highest BCUT2D eigenvalue weighted by molar-refractivity contribution is 7.98. The van der Waals surface area contributed by atoms with Crippen LogP contribution >= 0.6 is 11.8 Å². The number of fused-ring (bicyclic) bond motifs is 1. The minimum absolute atomic E-state index is 0.103. The number of benzene rings is 2. The molecule has 2 N–H and O–H groups in total. The van der Waals surface area contributed by atoms with E-state index in [4.69, 9.17) is 14.2 Å². The molecule has 3 aromatic rings. The molecule has 0 aliphatic carbocycles. The number of thioether (sulfide) groups is 1. The van der Waals surface area contributed by atoms with E-state index in [-0.39, 0.29) is 23.7 Å². The van der Waals surface area contributed by atoms with Crippen molar-refractivity contribution >= 4 is 23.5 Å². The second-order valence-corrected chi connectivity index (χ2v) is 8.64. The number of carbonyl (C=O) groups excluding carboxylic acids is 1. The number of amides is 1. The first-order valence-corrected chi connectivity index (χ1v) is 11.3. The summed E-state index contributed by atoms with van der Waals surface area (Å²) in [6, 6.07) is 11.7. The van der Waals surface area contributed by atoms with Crippen molar-refractivity contribution in [3.8, 4) is 17.2 Å². The van der Waals surface area contributed by atoms with Crippen LogP contribution in [0, 0.1) is 6.92 Å². The molecule has 8 nitrogen and oxygen atoms in total. The summed E-state index contributed by atoms with van der Waals surface area (Å²) in [6.45, 7) is 2.03. The first-order chi connectivity index (χ1) is 15.9. The molecule has 2 heterocycles. The Kier molecular flexibility index (Phi) is 6.60. The van der Waals surface area contributed by atoms with E-state index in [1.54, 1.807) is 12.1 Å². The maximum atomic E-state index is 13.1. The van der Waals surface area contributed by atoms with Crippen molar-refractivity contribution in [3.05, 3.63) is 69.0 Å². The van der Waals surface area contributed by atoms with Gasteiger partial charge in [-0.1, -0.05) is 41.6 Å². The number of H-pyrrole nitrogens is 1. The topological polar surface area (TPSA) is 103 Å². The number of hydrogen-bond acceptors (Lipinski definition) is 7. The van der Waals surface area contributed by atoms with Crippen LogP contribution in [0.2, 0.25) is 0 Å². The molecular weight excluding hydrogens is 442 g/mol. The van der Waals surface area contributed by atoms with E-state index in [0.717, 1.165) is 5.56 Å². The summed E-state index contributed by atoms with van der Waals surface area (Å²) < 4.78 is 16.3. The number of rotatable bonds is 7. The van der Waals surface area contributed by atoms with Gasteiger partial charge in [-0.2, -0.15) is 0 Å². The number of nitrogens with zero attached hydrogens (tertiary/aromatic N) is 1. The summed E-state index contributed by atoms with van der Waals surface area (Å²) >= 11 is 1.41. The quantitative estimate of drug-likeness (QED) is 0.402. The standard InChI is InChI=1S/C24H25N3O5S/c1-13-6-5-7-14(8-13)12-33-24-26-22-20(23(29)27-24)16(11-19(28)25-22)15-9-17(30-2)21(32-4)18(10-15)31-3/h5-10,16H,11-12H2,1-4H3,(H2,25,26,27,28,29)/t16-/m1/s1. The lowest BCUT2D eigenvalue weighted by molar-refractivity contribution is -0.116. The molecule has 1 aromatic heterocycles. The molecule has 0 saturated carbocycles. The summed E-state index contributed by atoms with van der Waals surface area (Å²) in [4.78, 5) is 33.1. The third kappa shape index (κ3) is 4.68. The van der Waals surface area contributed by atoms with Crippen molar-refractivity contribution in [2.24, 2.45) is 0 Å². The Labute approximate surface area is 195 Å². The summed E-state index contributed by atoms with van der Waals surface area (Å²) in [5.74, 6) is 1.56. The lowest BCUT2D eigenvalue weighted by Gasteiger charge is -2.25. The molecule has 1 amide bonds. The Morgan fingerprint density at radius 2 is 1.79 bits per heavy atom. The van der Waals surface area contributed by atoms with Gasteiger partial charge in [-0.15, -0.1) is 0 Å². The van der Waals surface area contributed by atoms with E-state index in [9.17, 15) is 9.59 Å². The molecule has 9 heteroatoms. The lowest BCUT2D eigenvalue weighted by atomic mass is 9.86. The SMILES string of the molecule is COc1cc([C@H]2CC(=O)Nc3nc(SCc4cccc(C)c4)[nH]c(=O)c32)cc(OC)c1OC. The predicted octanol–water partition coefficient (Wildman–Crippen LogP) is 3.87. The highest BCUT2D eigenvalue weighted by atomic mass is 32.2. The van der Waals surface area contributed by atoms with Gasteiger partial charge in [0.2, 0.25) is 11.7 Å². The van der Waals surface area contributed by atoms with Gasteiger partial charge in [0.05, 0.1) is 26.9 Å². The van der Waals surface area contributed by atoms with Crippen LogP contribution in [0.25, 0.3) is 0 Å². The normalized spacial score (nSPS) is 14.9. The third-order valence-corrected chi connectivity index (χ3v) is 6.42. The maximum absolute atomic E-state index is 13.1. The smallest absolute Gasteiger partial charge is 0.257 e. The zero-order valence-electron chi connectivity index (χ0n) is 18.9. The molecule has 0 fully saturated rings. The largest absolute Gasteiger partial charge is 0.493 e. The van der Waals surface area contributed by atoms with Crippen LogP contribution in [0.4, 0.5) is 5.82 Å². The van der Waals surface area contributed by atoms with E-state index in [1.165, 1.54) is 38.7 Å². The number of aromatic amines is 1. The molecule has 1 aliphatic heterocycles. The van der Waals surface area contributed by atoms with Crippen LogP contribution < -0.4 is 25.1 Å². The fraction of sp³-hybridized carbons (Fsp3) is 0.292. The Hall–Kier alpha value is -3.46. The monoisotopic (exact) mass is 467 g/mol. The molecule has 172 valence electrons. The molecule has 1 aliphatic rings. The average Bonchev–Trinajstić information content (AvgIpc) is 2.81. The minimum Gasteiger partial charge on any atom is -0.493 e. The number of methoxy groups -OCH3 is 3. The van der Waals surface area contributed by atoms with Gasteiger partial charge in [0.25, 0.3) is 5.56 Å². The van der Waals surface area contributed by atoms with Crippen molar-refractivity contribution in [1.29, 1.82) is 0 Å². The molecule has 2 aromatic carbocycles. The molecule has 4 rings (SSSR count). The third-order valence-electron chi connectivity index (χ3n) is 5.48. The van der Waals surface area contributed by atoms with E-state index >= 15 is 0 Å². The first-order valence-electron chi connectivity index (χ1n) is 10.4. The minimum atomic E-state index is -0.505. The van der Waals surface area contributed by atoms with Crippen molar-refractivity contribution in [2.75, 3.05) is 26.6 Å². The van der Waals surface area contributed by atoms with Crippen LogP contribution in [0.15, 0.2) is 46.3 Å². The number of hydrogen-bond donors (Lipinski definition) is 2. The van der Waals surface area contributed by atoms with Crippen LogP contribution in [0.1, 0.15) is 34.6 Å². The number of aromatic nitrogens is 2. The molecule has 0 unspecified atom stereocenters. The van der Waals surface area contributed by atoms with E-state index in [0.29, 0.717) is 39.3 Å². The molecule has 0 spiro atoms. The zero-order valence-corrected chi connectivity index (χ0v) is 19.7. The highest BCUT2D eigenvalue weighted by Crippen LogP contribution is 2.43. The van der Waals surface area contributed by atoms with Gasteiger partial charge in [-0.05, 0) is 30.2 Å². The van der Waals surface area contributed by atoms with Gasteiger partial charge in [0.1, 0.15) is 5.82 Å². The van der Waals surface area contributed by atoms with Crippen LogP contribution in [0.5, 0.6) is 17.2 Å². The maximum Gasteiger partial charge on any atom is 0.257 e. The van der Waals surface area contributed by atoms with Gasteiger partial charge >= 0.3 is 0 Å². The fourth-order valence-electron chi connectivity index (χ4n) is 3.96. The predicted molar refractivity (Wildman–Crippen MR) is 127 cm³/mol. The van der Waals surface area contributed by atoms with Gasteiger partial charge in [-0.25, -0.2) is 4.98 Å². The van der Waals surface area contributed by atoms with E-state index < -0.39 is 5.92 Å². The molecule has 0 bridgehead atoms. The Morgan fingerprint density at radius 3 is 2.42 bits per heavy atom. The second-order valence-electron chi connectivity index (χ2n) is 7.67. The van der Waals surface area contributed by atoms with Crippen molar-refractivity contribution < 1.29 is 19.0 Å². The number of nitrogens with one attached hydrogen (secondary N) is 2. The Bertz CT molecular complexity index is 1230. The summed E-state index contributed by atoms with van der Waals surface area (Å²) in [5.41, 5.74) is 3.11. The molecule has 33 heavy (non-hydrogen) atoms. The lowest BCUT2D eigenvalue weighted by Crippen LogP contribution is -2.31. The van der Waals surface area contributed by atoms with Gasteiger partial charge in [-0.3, -0.25) is 9.59 Å². The second kappa shape index (κ2) is 9.58. The number of carbonyl (C=O) groups is 1. The Morgan fingerprint density at radius 1 is 1.06 bits per heavy atom. The van der Waals surface area contributed by atoms with Crippen LogP contribution in [0.3, 0.4) is 0 Å². The molecule has 1 atom stereocenters. The summed E-state index contributed by atoms with van der Waals surface area (Å²) in [7, 11) is 4.57. The average molecular weight is 468 g/mol. The highest BCUT2D eigenvalue weighted by Gasteiger charge is 2.32. The zero-order chi connectivity index (χ0) is 23.5. The van der Waals surface area contributed by atoms with Crippen molar-refractivity contribution in [1.82, 2.24) is 9.97 Å². The van der Waals surface area contributed by atoms with Crippen LogP contribution in [-0.4, -0.2) is 37.2 Å². The number of ether oxygens (including phenoxy) is 3. The van der Waals surface area contributed by atoms with Crippen molar-refractivity contribution in [2.45, 2.75) is 30.2 Å². The van der Waals surface area contributed by atoms with Crippen LogP contribution in [-0.2, 0) is 10.5 Å². The van der Waals surface area contributed by atoms with E-state index in [2.05, 4.69) is 21.4 Å². The van der Waals surface area contributed by atoms with E-state index in [1.807, 2.05) is 25.1 Å². The number of anilines is 1. The van der Waals surface area contributed by atoms with Gasteiger partial charge in [0.15, 0.2) is 16.7 Å². The summed E-state index contributed by atoms with van der Waals surface area (Å²) in [5, 5.41) is 3.21. The molecule has 0 saturated heterocycles. The van der Waals surface area contributed by atoms with Crippen molar-refractivity contribution in [3.63, 3.8) is 0 Å².